The zero-order chi connectivity index (χ0) is 18.7. The number of carbonyl (C=O) groups is 3. The van der Waals surface area contributed by atoms with E-state index in [0.29, 0.717) is 0 Å². The van der Waals surface area contributed by atoms with Gasteiger partial charge in [0.15, 0.2) is 0 Å². The first kappa shape index (κ1) is 18.7. The van der Waals surface area contributed by atoms with Crippen molar-refractivity contribution in [2.75, 3.05) is 32.1 Å². The van der Waals surface area contributed by atoms with Gasteiger partial charge < -0.3 is 25.2 Å². The predicted molar refractivity (Wildman–Crippen MR) is 84.7 cm³/mol. The molecule has 0 spiro atoms. The molecule has 1 aromatic carbocycles. The fourth-order valence-electron chi connectivity index (χ4n) is 2.29. The van der Waals surface area contributed by atoms with Gasteiger partial charge in [0.25, 0.3) is 5.91 Å². The summed E-state index contributed by atoms with van der Waals surface area (Å²) in [5.41, 5.74) is -0.899. The van der Waals surface area contributed by atoms with E-state index in [2.05, 4.69) is 10.1 Å². The number of carboxylic acids is 1. The summed E-state index contributed by atoms with van der Waals surface area (Å²) < 4.78 is 18.2. The van der Waals surface area contributed by atoms with Gasteiger partial charge in [0.1, 0.15) is 11.5 Å². The number of aliphatic hydroxyl groups excluding tert-OH is 1. The quantitative estimate of drug-likeness (QED) is 0.634. The second-order valence-corrected chi connectivity index (χ2v) is 5.44. The smallest absolute Gasteiger partial charge is 0.338 e. The molecule has 0 saturated carbocycles. The Morgan fingerprint density at radius 1 is 1.44 bits per heavy atom. The van der Waals surface area contributed by atoms with Crippen molar-refractivity contribution < 1.29 is 33.7 Å². The molecule has 0 aromatic heterocycles. The summed E-state index contributed by atoms with van der Waals surface area (Å²) in [6, 6.07) is 1.71. The lowest BCUT2D eigenvalue weighted by molar-refractivity contribution is -0.136. The second kappa shape index (κ2) is 7.49. The Morgan fingerprint density at radius 3 is 2.68 bits per heavy atom. The number of aromatic carboxylic acids is 1. The van der Waals surface area contributed by atoms with E-state index in [-0.39, 0.29) is 41.7 Å². The molecule has 3 N–H and O–H groups in total. The lowest BCUT2D eigenvalue weighted by Gasteiger charge is -2.15. The fraction of sp³-hybridized carbons (Fsp3) is 0.267. The Labute approximate surface area is 146 Å². The molecule has 0 radical (unpaired) electrons. The number of hydrogen-bond donors (Lipinski definition) is 3. The number of benzene rings is 1. The van der Waals surface area contributed by atoms with Crippen LogP contribution in [0.25, 0.3) is 0 Å². The molecule has 2 rings (SSSR count). The van der Waals surface area contributed by atoms with Crippen molar-refractivity contribution in [3.8, 4) is 0 Å². The van der Waals surface area contributed by atoms with Crippen LogP contribution in [0, 0.1) is 5.82 Å². The van der Waals surface area contributed by atoms with Crippen LogP contribution >= 0.6 is 11.6 Å². The van der Waals surface area contributed by atoms with E-state index in [1.54, 1.807) is 0 Å². The van der Waals surface area contributed by atoms with Gasteiger partial charge in [-0.25, -0.2) is 14.0 Å². The standard InChI is InChI=1S/C15H14ClFN2O6/c1-25-15(24)8-6-19(2-3-20)13(21)12(8)18-11-4-7(14(22)23)10(17)5-9(11)16/h4-5,18,20H,2-3,6H2,1H3,(H,22,23). The Kier molecular flexibility index (Phi) is 5.60. The molecule has 0 fully saturated rings. The minimum Gasteiger partial charge on any atom is -0.478 e. The van der Waals surface area contributed by atoms with Crippen LogP contribution in [0.4, 0.5) is 10.1 Å². The third-order valence-electron chi connectivity index (χ3n) is 3.50. The third kappa shape index (κ3) is 3.72. The van der Waals surface area contributed by atoms with E-state index in [0.717, 1.165) is 19.2 Å². The van der Waals surface area contributed by atoms with Crippen molar-refractivity contribution in [3.05, 3.63) is 39.8 Å². The molecule has 0 unspecified atom stereocenters. The summed E-state index contributed by atoms with van der Waals surface area (Å²) in [6.45, 7) is -0.422. The molecule has 0 saturated heterocycles. The molecule has 0 aliphatic carbocycles. The summed E-state index contributed by atoms with van der Waals surface area (Å²) in [7, 11) is 1.14. The highest BCUT2D eigenvalue weighted by molar-refractivity contribution is 6.33. The lowest BCUT2D eigenvalue weighted by Crippen LogP contribution is -2.31. The van der Waals surface area contributed by atoms with Crippen molar-refractivity contribution in [1.29, 1.82) is 0 Å². The van der Waals surface area contributed by atoms with E-state index in [1.807, 2.05) is 0 Å². The molecule has 0 atom stereocenters. The van der Waals surface area contributed by atoms with Gasteiger partial charge in [-0.3, -0.25) is 4.79 Å². The largest absolute Gasteiger partial charge is 0.478 e. The van der Waals surface area contributed by atoms with Gasteiger partial charge in [0, 0.05) is 6.54 Å². The van der Waals surface area contributed by atoms with Gasteiger partial charge in [-0.05, 0) is 12.1 Å². The van der Waals surface area contributed by atoms with Crippen molar-refractivity contribution in [2.45, 2.75) is 0 Å². The van der Waals surface area contributed by atoms with Crippen LogP contribution in [0.15, 0.2) is 23.4 Å². The van der Waals surface area contributed by atoms with Crippen molar-refractivity contribution in [3.63, 3.8) is 0 Å². The number of β-amino-alcohol motifs (C(OH)–C–C–N with tert-alkyl or cyclic N) is 1. The van der Waals surface area contributed by atoms with Gasteiger partial charge in [-0.1, -0.05) is 11.6 Å². The summed E-state index contributed by atoms with van der Waals surface area (Å²) >= 11 is 5.89. The van der Waals surface area contributed by atoms with Gasteiger partial charge in [-0.15, -0.1) is 0 Å². The normalized spacial score (nSPS) is 14.1. The van der Waals surface area contributed by atoms with Gasteiger partial charge >= 0.3 is 11.9 Å². The zero-order valence-electron chi connectivity index (χ0n) is 13.0. The number of anilines is 1. The Hall–Kier alpha value is -2.65. The van der Waals surface area contributed by atoms with Crippen LogP contribution in [0.5, 0.6) is 0 Å². The van der Waals surface area contributed by atoms with Crippen molar-refractivity contribution >= 4 is 35.1 Å². The SMILES string of the molecule is COC(=O)C1=C(Nc2cc(C(=O)O)c(F)cc2Cl)C(=O)N(CCO)C1. The molecule has 1 amide bonds. The van der Waals surface area contributed by atoms with E-state index < -0.39 is 29.2 Å². The Bertz CT molecular complexity index is 780. The summed E-state index contributed by atoms with van der Waals surface area (Å²) in [6.07, 6.45) is 0. The monoisotopic (exact) mass is 372 g/mol. The average Bonchev–Trinajstić information content (AvgIpc) is 2.86. The number of nitrogens with zero attached hydrogens (tertiary/aromatic N) is 1. The number of methoxy groups -OCH3 is 1. The minimum atomic E-state index is -1.51. The van der Waals surface area contributed by atoms with Crippen molar-refractivity contribution in [2.24, 2.45) is 0 Å². The first-order valence-corrected chi connectivity index (χ1v) is 7.38. The van der Waals surface area contributed by atoms with Gasteiger partial charge in [0.2, 0.25) is 0 Å². The maximum atomic E-state index is 13.6. The maximum Gasteiger partial charge on any atom is 0.338 e. The number of hydrogen-bond acceptors (Lipinski definition) is 6. The zero-order valence-corrected chi connectivity index (χ0v) is 13.8. The van der Waals surface area contributed by atoms with Crippen LogP contribution in [0.2, 0.25) is 5.02 Å². The Balaban J connectivity index is 2.45. The summed E-state index contributed by atoms with van der Waals surface area (Å²) in [4.78, 5) is 36.5. The van der Waals surface area contributed by atoms with Crippen LogP contribution in [-0.2, 0) is 14.3 Å². The Morgan fingerprint density at radius 2 is 2.12 bits per heavy atom. The molecule has 1 heterocycles. The maximum absolute atomic E-state index is 13.6. The predicted octanol–water partition coefficient (Wildman–Crippen LogP) is 0.851. The van der Waals surface area contributed by atoms with E-state index >= 15 is 0 Å². The van der Waals surface area contributed by atoms with Gasteiger partial charge in [-0.2, -0.15) is 0 Å². The highest BCUT2D eigenvalue weighted by Gasteiger charge is 2.34. The van der Waals surface area contributed by atoms with E-state index in [4.69, 9.17) is 21.8 Å². The lowest BCUT2D eigenvalue weighted by atomic mass is 10.1. The first-order chi connectivity index (χ1) is 11.8. The summed E-state index contributed by atoms with van der Waals surface area (Å²) in [5, 5.41) is 20.4. The molecule has 134 valence electrons. The van der Waals surface area contributed by atoms with Crippen LogP contribution in [0.3, 0.4) is 0 Å². The summed E-state index contributed by atoms with van der Waals surface area (Å²) in [5.74, 6) is -3.93. The molecule has 10 heteroatoms. The molecular formula is C15H14ClFN2O6. The van der Waals surface area contributed by atoms with Gasteiger partial charge in [0.05, 0.1) is 42.1 Å². The molecule has 8 nitrogen and oxygen atoms in total. The molecule has 0 bridgehead atoms. The van der Waals surface area contributed by atoms with E-state index in [9.17, 15) is 18.8 Å². The average molecular weight is 373 g/mol. The third-order valence-corrected chi connectivity index (χ3v) is 3.81. The molecule has 1 aliphatic heterocycles. The molecule has 1 aromatic rings. The molecule has 25 heavy (non-hydrogen) atoms. The topological polar surface area (TPSA) is 116 Å². The number of carboxylic acid groups (broad SMARTS) is 1. The number of esters is 1. The number of halogens is 2. The number of carbonyl (C=O) groups excluding carboxylic acids is 2. The number of nitrogens with one attached hydrogen (secondary N) is 1. The highest BCUT2D eigenvalue weighted by Crippen LogP contribution is 2.29. The molecule has 1 aliphatic rings. The fourth-order valence-corrected chi connectivity index (χ4v) is 2.49. The second-order valence-electron chi connectivity index (χ2n) is 5.04. The molecular weight excluding hydrogens is 359 g/mol. The first-order valence-electron chi connectivity index (χ1n) is 7.01. The number of aliphatic hydroxyl groups is 1. The highest BCUT2D eigenvalue weighted by atomic mass is 35.5. The van der Waals surface area contributed by atoms with E-state index in [1.165, 1.54) is 4.90 Å². The van der Waals surface area contributed by atoms with Crippen LogP contribution in [0.1, 0.15) is 10.4 Å². The van der Waals surface area contributed by atoms with Crippen LogP contribution in [-0.4, -0.2) is 59.8 Å². The number of ether oxygens (including phenoxy) is 1. The van der Waals surface area contributed by atoms with Crippen LogP contribution < -0.4 is 5.32 Å². The van der Waals surface area contributed by atoms with Crippen molar-refractivity contribution in [1.82, 2.24) is 4.90 Å². The number of rotatable bonds is 6. The minimum absolute atomic E-state index is 0.0119. The number of amides is 1.